The number of Topliss-reactive ketones (excluding diaryl/α,β-unsaturated/α-hetero) is 1. The Labute approximate surface area is 144 Å². The maximum absolute atomic E-state index is 11.8. The van der Waals surface area contributed by atoms with Gasteiger partial charge in [0.05, 0.1) is 19.9 Å². The van der Waals surface area contributed by atoms with Gasteiger partial charge in [-0.1, -0.05) is 64.1 Å². The fourth-order valence-electron chi connectivity index (χ4n) is 1.36. The Kier molecular flexibility index (Phi) is 5.46. The van der Waals surface area contributed by atoms with E-state index in [1.807, 2.05) is 0 Å². The van der Waals surface area contributed by atoms with Crippen LogP contribution in [-0.2, 0) is 0 Å². The summed E-state index contributed by atoms with van der Waals surface area (Å²) in [6, 6.07) is 3.47. The molecule has 2 nitrogen and oxygen atoms in total. The average Bonchev–Trinajstić information content (AvgIpc) is 2.97. The molecule has 0 atom stereocenters. The molecule has 8 heteroatoms. The van der Waals surface area contributed by atoms with Crippen LogP contribution in [0.25, 0.3) is 0 Å². The quantitative estimate of drug-likeness (QED) is 0.349. The van der Waals surface area contributed by atoms with Crippen molar-refractivity contribution in [1.82, 2.24) is 0 Å². The molecule has 0 N–H and O–H groups in total. The van der Waals surface area contributed by atoms with Crippen LogP contribution < -0.4 is 4.74 Å². The Hall–Kier alpha value is -0.160. The van der Waals surface area contributed by atoms with Gasteiger partial charge in [0.15, 0.2) is 12.4 Å². The van der Waals surface area contributed by atoms with Crippen molar-refractivity contribution in [2.45, 2.75) is 0 Å². The second kappa shape index (κ2) is 6.73. The van der Waals surface area contributed by atoms with Gasteiger partial charge in [-0.15, -0.1) is 11.3 Å². The Morgan fingerprint density at radius 2 is 1.55 bits per heavy atom. The highest BCUT2D eigenvalue weighted by Crippen LogP contribution is 2.48. The van der Waals surface area contributed by atoms with Gasteiger partial charge in [-0.2, -0.15) is 0 Å². The molecule has 0 fully saturated rings. The van der Waals surface area contributed by atoms with E-state index in [9.17, 15) is 4.79 Å². The standard InChI is InChI=1S/C12H5Cl5O2S/c13-7-8(14)10(16)12(11(17)9(7)15)19-4-5(18)6-2-1-3-20-6/h1-3H,4H2. The predicted octanol–water partition coefficient (Wildman–Crippen LogP) is 6.28. The van der Waals surface area contributed by atoms with E-state index in [1.54, 1.807) is 17.5 Å². The summed E-state index contributed by atoms with van der Waals surface area (Å²) in [7, 11) is 0. The van der Waals surface area contributed by atoms with Crippen LogP contribution in [0.5, 0.6) is 5.75 Å². The molecule has 2 rings (SSSR count). The second-order valence-electron chi connectivity index (χ2n) is 3.59. The molecule has 1 aromatic heterocycles. The molecule has 0 saturated carbocycles. The van der Waals surface area contributed by atoms with Gasteiger partial charge >= 0.3 is 0 Å². The molecular formula is C12H5Cl5O2S. The molecular weight excluding hydrogens is 385 g/mol. The third-order valence-electron chi connectivity index (χ3n) is 2.31. The van der Waals surface area contributed by atoms with Crippen molar-refractivity contribution in [2.24, 2.45) is 0 Å². The number of carbonyl (C=O) groups excluding carboxylic acids is 1. The number of ketones is 1. The van der Waals surface area contributed by atoms with Gasteiger partial charge in [-0.25, -0.2) is 0 Å². The van der Waals surface area contributed by atoms with Crippen molar-refractivity contribution in [1.29, 1.82) is 0 Å². The number of halogens is 5. The molecule has 0 spiro atoms. The van der Waals surface area contributed by atoms with Gasteiger partial charge in [0.25, 0.3) is 0 Å². The van der Waals surface area contributed by atoms with Crippen molar-refractivity contribution in [3.63, 3.8) is 0 Å². The molecule has 0 aliphatic rings. The highest BCUT2D eigenvalue weighted by molar-refractivity contribution is 7.12. The Morgan fingerprint density at radius 1 is 1.00 bits per heavy atom. The van der Waals surface area contributed by atoms with Crippen LogP contribution in [0.3, 0.4) is 0 Å². The van der Waals surface area contributed by atoms with E-state index >= 15 is 0 Å². The third kappa shape index (κ3) is 3.19. The summed E-state index contributed by atoms with van der Waals surface area (Å²) in [5.41, 5.74) is 0. The molecule has 0 aliphatic heterocycles. The van der Waals surface area contributed by atoms with Gasteiger partial charge in [0, 0.05) is 0 Å². The van der Waals surface area contributed by atoms with Crippen LogP contribution in [0.4, 0.5) is 0 Å². The minimum atomic E-state index is -0.228. The number of carbonyl (C=O) groups is 1. The van der Waals surface area contributed by atoms with Gasteiger partial charge in [0.2, 0.25) is 5.78 Å². The normalized spacial score (nSPS) is 10.7. The number of thiophene rings is 1. The number of benzene rings is 1. The molecule has 1 aromatic carbocycles. The summed E-state index contributed by atoms with van der Waals surface area (Å²) in [5, 5.41) is 1.93. The molecule has 0 unspecified atom stereocenters. The van der Waals surface area contributed by atoms with Crippen LogP contribution in [-0.4, -0.2) is 12.4 Å². The predicted molar refractivity (Wildman–Crippen MR) is 85.6 cm³/mol. The molecule has 20 heavy (non-hydrogen) atoms. The SMILES string of the molecule is O=C(COc1c(Cl)c(Cl)c(Cl)c(Cl)c1Cl)c1cccs1. The van der Waals surface area contributed by atoms with Crippen molar-refractivity contribution >= 4 is 75.1 Å². The number of rotatable bonds is 4. The maximum Gasteiger partial charge on any atom is 0.210 e. The van der Waals surface area contributed by atoms with Crippen molar-refractivity contribution in [3.8, 4) is 5.75 Å². The fraction of sp³-hybridized carbons (Fsp3) is 0.0833. The highest BCUT2D eigenvalue weighted by Gasteiger charge is 2.21. The molecule has 0 amide bonds. The molecule has 106 valence electrons. The Morgan fingerprint density at radius 3 is 2.05 bits per heavy atom. The zero-order valence-corrected chi connectivity index (χ0v) is 14.1. The lowest BCUT2D eigenvalue weighted by Gasteiger charge is -2.12. The first-order valence-electron chi connectivity index (χ1n) is 5.14. The van der Waals surface area contributed by atoms with Crippen molar-refractivity contribution in [3.05, 3.63) is 47.5 Å². The van der Waals surface area contributed by atoms with Crippen LogP contribution in [0.15, 0.2) is 17.5 Å². The van der Waals surface area contributed by atoms with Crippen LogP contribution >= 0.6 is 69.3 Å². The van der Waals surface area contributed by atoms with Gasteiger partial charge < -0.3 is 4.74 Å². The zero-order chi connectivity index (χ0) is 14.9. The lowest BCUT2D eigenvalue weighted by molar-refractivity contribution is 0.0926. The fourth-order valence-corrected chi connectivity index (χ4v) is 3.24. The summed E-state index contributed by atoms with van der Waals surface area (Å²) in [6.45, 7) is -0.228. The second-order valence-corrected chi connectivity index (χ2v) is 6.43. The molecule has 0 radical (unpaired) electrons. The van der Waals surface area contributed by atoms with E-state index in [2.05, 4.69) is 0 Å². The van der Waals surface area contributed by atoms with E-state index < -0.39 is 0 Å². The highest BCUT2D eigenvalue weighted by atomic mass is 35.5. The molecule has 0 saturated heterocycles. The molecule has 0 bridgehead atoms. The van der Waals surface area contributed by atoms with E-state index in [0.717, 1.165) is 0 Å². The van der Waals surface area contributed by atoms with Gasteiger partial charge in [-0.3, -0.25) is 4.79 Å². The Bertz CT molecular complexity index is 625. The number of ether oxygens (including phenoxy) is 1. The average molecular weight is 391 g/mol. The summed E-state index contributed by atoms with van der Waals surface area (Å²) in [5.74, 6) is -0.160. The third-order valence-corrected chi connectivity index (χ3v) is 5.47. The minimum absolute atomic E-state index is 0.0186. The van der Waals surface area contributed by atoms with E-state index in [1.165, 1.54) is 11.3 Å². The van der Waals surface area contributed by atoms with Gasteiger partial charge in [0.1, 0.15) is 10.0 Å². The Balaban J connectivity index is 2.24. The lowest BCUT2D eigenvalue weighted by atomic mass is 10.3. The smallest absolute Gasteiger partial charge is 0.210 e. The number of hydrogen-bond donors (Lipinski definition) is 0. The topological polar surface area (TPSA) is 26.3 Å². The van der Waals surface area contributed by atoms with E-state index in [4.69, 9.17) is 62.7 Å². The first-order chi connectivity index (χ1) is 9.43. The summed E-state index contributed by atoms with van der Waals surface area (Å²) in [6.07, 6.45) is 0. The number of hydrogen-bond acceptors (Lipinski definition) is 3. The first kappa shape index (κ1) is 16.2. The molecule has 0 aliphatic carbocycles. The van der Waals surface area contributed by atoms with Crippen LogP contribution in [0.2, 0.25) is 25.1 Å². The first-order valence-corrected chi connectivity index (χ1v) is 7.91. The lowest BCUT2D eigenvalue weighted by Crippen LogP contribution is -2.10. The van der Waals surface area contributed by atoms with Crippen molar-refractivity contribution in [2.75, 3.05) is 6.61 Å². The molecule has 2 aromatic rings. The largest absolute Gasteiger partial charge is 0.482 e. The van der Waals surface area contributed by atoms with E-state index in [0.29, 0.717) is 4.88 Å². The van der Waals surface area contributed by atoms with Crippen LogP contribution in [0.1, 0.15) is 9.67 Å². The maximum atomic E-state index is 11.8. The molecule has 1 heterocycles. The van der Waals surface area contributed by atoms with Gasteiger partial charge in [-0.05, 0) is 11.4 Å². The monoisotopic (exact) mass is 388 g/mol. The summed E-state index contributed by atoms with van der Waals surface area (Å²) >= 11 is 31.0. The van der Waals surface area contributed by atoms with Crippen molar-refractivity contribution < 1.29 is 9.53 Å². The summed E-state index contributed by atoms with van der Waals surface area (Å²) < 4.78 is 5.34. The van der Waals surface area contributed by atoms with E-state index in [-0.39, 0.29) is 43.3 Å². The van der Waals surface area contributed by atoms with Crippen LogP contribution in [0, 0.1) is 0 Å². The summed E-state index contributed by atoms with van der Waals surface area (Å²) in [4.78, 5) is 12.4. The zero-order valence-electron chi connectivity index (χ0n) is 9.55. The minimum Gasteiger partial charge on any atom is -0.482 e.